The predicted octanol–water partition coefficient (Wildman–Crippen LogP) is 4.48. The van der Waals surface area contributed by atoms with Crippen LogP contribution in [-0.2, 0) is 15.1 Å². The fourth-order valence-electron chi connectivity index (χ4n) is 3.83. The Hall–Kier alpha value is -4.53. The number of phenols is 2. The molecule has 1 spiro atoms. The molecule has 9 nitrogen and oxygen atoms in total. The monoisotopic (exact) mass is 478 g/mol. The number of fused-ring (bicyclic) bond motifs is 6. The molecule has 2 aliphatic rings. The van der Waals surface area contributed by atoms with Gasteiger partial charge in [-0.15, -0.1) is 0 Å². The minimum absolute atomic E-state index is 0.00331. The predicted molar refractivity (Wildman–Crippen MR) is 122 cm³/mol. The van der Waals surface area contributed by atoms with E-state index < -0.39 is 28.9 Å². The summed E-state index contributed by atoms with van der Waals surface area (Å²) in [4.78, 5) is 34.2. The highest BCUT2D eigenvalue weighted by Crippen LogP contribution is 2.57. The van der Waals surface area contributed by atoms with Gasteiger partial charge in [0.1, 0.15) is 23.0 Å². The van der Waals surface area contributed by atoms with Crippen LogP contribution in [-0.4, -0.2) is 38.3 Å². The molecular weight excluding hydrogens is 456 g/mol. The Bertz CT molecular complexity index is 1330. The second kappa shape index (κ2) is 8.05. The molecule has 9 heteroatoms. The largest absolute Gasteiger partial charge is 0.508 e. The van der Waals surface area contributed by atoms with Crippen LogP contribution in [0, 0.1) is 5.41 Å². The molecule has 2 heterocycles. The summed E-state index contributed by atoms with van der Waals surface area (Å²) in [6, 6.07) is 12.9. The number of carbonyl (C=O) groups is 3. The molecule has 0 saturated carbocycles. The summed E-state index contributed by atoms with van der Waals surface area (Å²) >= 11 is 0. The third-order valence-electron chi connectivity index (χ3n) is 5.66. The lowest BCUT2D eigenvalue weighted by Gasteiger charge is -2.36. The molecule has 0 unspecified atom stereocenters. The van der Waals surface area contributed by atoms with E-state index in [0.717, 1.165) is 0 Å². The van der Waals surface area contributed by atoms with Crippen molar-refractivity contribution in [1.29, 1.82) is 0 Å². The van der Waals surface area contributed by atoms with Gasteiger partial charge in [0, 0.05) is 28.8 Å². The van der Waals surface area contributed by atoms with Crippen molar-refractivity contribution in [2.24, 2.45) is 5.41 Å². The normalized spacial score (nSPS) is 14.4. The molecule has 2 aliphatic heterocycles. The first-order chi connectivity index (χ1) is 16.3. The quantitative estimate of drug-likeness (QED) is 0.371. The van der Waals surface area contributed by atoms with Gasteiger partial charge in [-0.2, -0.15) is 0 Å². The number of carboxylic acids is 2. The number of esters is 1. The number of hydrogen-bond acceptors (Lipinski definition) is 7. The van der Waals surface area contributed by atoms with Crippen molar-refractivity contribution in [2.45, 2.75) is 26.4 Å². The summed E-state index contributed by atoms with van der Waals surface area (Å²) in [6.45, 7) is 4.99. The van der Waals surface area contributed by atoms with Gasteiger partial charge < -0.3 is 29.9 Å². The zero-order valence-corrected chi connectivity index (χ0v) is 19.0. The van der Waals surface area contributed by atoms with Crippen LogP contribution in [0.2, 0.25) is 0 Å². The van der Waals surface area contributed by atoms with Gasteiger partial charge in [0.05, 0.1) is 16.5 Å². The highest BCUT2D eigenvalue weighted by Gasteiger charge is 2.53. The van der Waals surface area contributed by atoms with E-state index >= 15 is 0 Å². The van der Waals surface area contributed by atoms with Gasteiger partial charge in [-0.05, 0) is 63.2 Å². The molecule has 0 atom stereocenters. The van der Waals surface area contributed by atoms with Crippen LogP contribution < -0.4 is 4.74 Å². The minimum atomic E-state index is -1.46. The summed E-state index contributed by atoms with van der Waals surface area (Å²) < 4.78 is 11.7. The fraction of sp³-hybridized carbons (Fsp3) is 0.192. The topological polar surface area (TPSA) is 151 Å². The Balaban J connectivity index is 0.000000364. The van der Waals surface area contributed by atoms with E-state index in [4.69, 9.17) is 14.6 Å². The van der Waals surface area contributed by atoms with Gasteiger partial charge in [-0.25, -0.2) is 9.59 Å². The maximum Gasteiger partial charge on any atom is 0.340 e. The van der Waals surface area contributed by atoms with E-state index in [-0.39, 0.29) is 34.1 Å². The molecule has 0 bridgehead atoms. The van der Waals surface area contributed by atoms with Gasteiger partial charge in [0.2, 0.25) is 0 Å². The number of phenolic OH excluding ortho intramolecular Hbond substituents is 2. The van der Waals surface area contributed by atoms with Crippen LogP contribution in [0.4, 0.5) is 0 Å². The van der Waals surface area contributed by atoms with E-state index in [1.54, 1.807) is 32.9 Å². The first-order valence-electron chi connectivity index (χ1n) is 10.5. The Morgan fingerprint density at radius 1 is 0.800 bits per heavy atom. The molecule has 3 aromatic rings. The standard InChI is InChI=1S/C21H12O7.C5H10O2/c22-11-2-5-14-17(8-11)27-18-9-12(23)3-6-15(18)21(14)16-7-10(19(24)25)1-4-13(16)20(26)28-21;1-5(2,3)4(6)7/h1-9,22-23H,(H,24,25);1-3H3,(H,6,7). The van der Waals surface area contributed by atoms with Crippen molar-refractivity contribution in [1.82, 2.24) is 0 Å². The van der Waals surface area contributed by atoms with Crippen molar-refractivity contribution in [3.05, 3.63) is 82.4 Å². The number of rotatable bonds is 1. The highest BCUT2D eigenvalue weighted by atomic mass is 16.6. The summed E-state index contributed by atoms with van der Waals surface area (Å²) in [5.41, 5.74) is -0.549. The molecule has 3 aromatic carbocycles. The van der Waals surface area contributed by atoms with Crippen LogP contribution >= 0.6 is 0 Å². The molecule has 180 valence electrons. The van der Waals surface area contributed by atoms with E-state index in [2.05, 4.69) is 0 Å². The molecular formula is C26H22O9. The van der Waals surface area contributed by atoms with E-state index in [0.29, 0.717) is 16.7 Å². The number of hydrogen-bond donors (Lipinski definition) is 4. The van der Waals surface area contributed by atoms with Crippen molar-refractivity contribution in [2.75, 3.05) is 0 Å². The lowest BCUT2D eigenvalue weighted by atomic mass is 9.77. The molecule has 5 rings (SSSR count). The molecule has 35 heavy (non-hydrogen) atoms. The number of aromatic carboxylic acids is 1. The smallest absolute Gasteiger partial charge is 0.340 e. The van der Waals surface area contributed by atoms with Crippen molar-refractivity contribution < 1.29 is 44.3 Å². The number of ether oxygens (including phenoxy) is 2. The molecule has 0 aromatic heterocycles. The zero-order valence-electron chi connectivity index (χ0n) is 19.0. The molecule has 0 aliphatic carbocycles. The number of benzene rings is 3. The van der Waals surface area contributed by atoms with Crippen molar-refractivity contribution in [3.8, 4) is 23.0 Å². The third-order valence-corrected chi connectivity index (χ3v) is 5.66. The molecule has 0 fully saturated rings. The fourth-order valence-corrected chi connectivity index (χ4v) is 3.83. The first kappa shape index (κ1) is 23.6. The Morgan fingerprint density at radius 3 is 1.77 bits per heavy atom. The molecule has 4 N–H and O–H groups in total. The van der Waals surface area contributed by atoms with Crippen molar-refractivity contribution in [3.63, 3.8) is 0 Å². The average Bonchev–Trinajstić information content (AvgIpc) is 3.05. The van der Waals surface area contributed by atoms with Crippen LogP contribution in [0.25, 0.3) is 0 Å². The molecule has 0 radical (unpaired) electrons. The number of aromatic hydroxyl groups is 2. The van der Waals surface area contributed by atoms with Gasteiger partial charge in [0.25, 0.3) is 0 Å². The Morgan fingerprint density at radius 2 is 1.31 bits per heavy atom. The van der Waals surface area contributed by atoms with E-state index in [1.807, 2.05) is 0 Å². The van der Waals surface area contributed by atoms with Gasteiger partial charge in [-0.3, -0.25) is 4.79 Å². The van der Waals surface area contributed by atoms with Crippen LogP contribution in [0.15, 0.2) is 54.6 Å². The van der Waals surface area contributed by atoms with Crippen LogP contribution in [0.5, 0.6) is 23.0 Å². The maximum atomic E-state index is 12.7. The number of carboxylic acid groups (broad SMARTS) is 2. The van der Waals surface area contributed by atoms with E-state index in [1.165, 1.54) is 42.5 Å². The van der Waals surface area contributed by atoms with Crippen LogP contribution in [0.3, 0.4) is 0 Å². The summed E-state index contributed by atoms with van der Waals surface area (Å²) in [6.07, 6.45) is 0. The highest BCUT2D eigenvalue weighted by molar-refractivity contribution is 5.99. The second-order valence-electron chi connectivity index (χ2n) is 9.15. The lowest BCUT2D eigenvalue weighted by molar-refractivity contribution is -0.145. The average molecular weight is 478 g/mol. The summed E-state index contributed by atoms with van der Waals surface area (Å²) in [5.74, 6) is -2.14. The molecule has 0 amide bonds. The Labute approximate surface area is 199 Å². The van der Waals surface area contributed by atoms with Gasteiger partial charge in [0.15, 0.2) is 5.60 Å². The lowest BCUT2D eigenvalue weighted by Crippen LogP contribution is -2.33. The first-order valence-corrected chi connectivity index (χ1v) is 10.5. The number of aliphatic carboxylic acids is 1. The molecule has 0 saturated heterocycles. The SMILES string of the molecule is CC(C)(C)C(=O)O.O=C(O)c1ccc2c(c1)C1(OC2=O)c2ccc(O)cc2Oc2cc(O)ccc21. The maximum absolute atomic E-state index is 12.7. The van der Waals surface area contributed by atoms with Gasteiger partial charge in [-0.1, -0.05) is 0 Å². The number of carbonyl (C=O) groups excluding carboxylic acids is 1. The summed E-state index contributed by atoms with van der Waals surface area (Å²) in [7, 11) is 0. The third kappa shape index (κ3) is 3.90. The van der Waals surface area contributed by atoms with Crippen molar-refractivity contribution >= 4 is 17.9 Å². The second-order valence-corrected chi connectivity index (χ2v) is 9.15. The minimum Gasteiger partial charge on any atom is -0.508 e. The Kier molecular flexibility index (Phi) is 5.43. The van der Waals surface area contributed by atoms with Crippen LogP contribution in [0.1, 0.15) is 58.2 Å². The van der Waals surface area contributed by atoms with Gasteiger partial charge >= 0.3 is 17.9 Å². The summed E-state index contributed by atoms with van der Waals surface area (Å²) in [5, 5.41) is 37.4. The van der Waals surface area contributed by atoms with E-state index in [9.17, 15) is 29.7 Å². The zero-order chi connectivity index (χ0) is 25.7.